The van der Waals surface area contributed by atoms with Gasteiger partial charge in [0, 0.05) is 22.4 Å². The van der Waals surface area contributed by atoms with Gasteiger partial charge in [-0.3, -0.25) is 4.79 Å². The van der Waals surface area contributed by atoms with Crippen LogP contribution in [0.1, 0.15) is 51.4 Å². The Kier molecular flexibility index (Phi) is 7.23. The Labute approximate surface area is 220 Å². The van der Waals surface area contributed by atoms with E-state index in [1.807, 2.05) is 66.8 Å². The normalized spacial score (nSPS) is 24.4. The van der Waals surface area contributed by atoms with Gasteiger partial charge in [-0.1, -0.05) is 87.2 Å². The van der Waals surface area contributed by atoms with Crippen LogP contribution in [0, 0.1) is 23.7 Å². The highest BCUT2D eigenvalue weighted by atomic mass is 16.3. The van der Waals surface area contributed by atoms with E-state index in [-0.39, 0.29) is 17.6 Å². The Bertz CT molecular complexity index is 1430. The summed E-state index contributed by atoms with van der Waals surface area (Å²) in [5.74, 6) is 2.22. The van der Waals surface area contributed by atoms with E-state index >= 15 is 0 Å². The molecule has 5 rings (SSSR count). The van der Waals surface area contributed by atoms with E-state index < -0.39 is 0 Å². The molecule has 2 aliphatic carbocycles. The average molecular weight is 490 g/mol. The lowest BCUT2D eigenvalue weighted by atomic mass is 9.77. The molecule has 0 saturated heterocycles. The summed E-state index contributed by atoms with van der Waals surface area (Å²) in [7, 11) is 0. The standard InChI is InChI=1S/C34H35NO2/c1-5-27(29-21-26(20-22(3)19-23(29)4)33(36)25-15-12-16-25)34-32(28-17-10-11-18-31(28)37-34)35-30(6-2)24-13-8-7-9-14-24/h5-18,22-23,26,29H,2,19-21H2,1,3-4H3/b27-5-,35-30?/t22-,23?,26-,29?/m1/s1. The maximum absolute atomic E-state index is 13.3. The fraction of sp³-hybridized carbons (Fsp3) is 0.294. The molecule has 1 fully saturated rings. The molecule has 1 aromatic heterocycles. The van der Waals surface area contributed by atoms with Crippen molar-refractivity contribution >= 4 is 33.7 Å². The van der Waals surface area contributed by atoms with Gasteiger partial charge in [-0.15, -0.1) is 0 Å². The number of hydrogen-bond donors (Lipinski definition) is 0. The predicted molar refractivity (Wildman–Crippen MR) is 154 cm³/mol. The first-order valence-electron chi connectivity index (χ1n) is 13.4. The number of carbonyl (C=O) groups excluding carboxylic acids is 1. The number of para-hydroxylation sites is 1. The minimum Gasteiger partial charge on any atom is -0.454 e. The maximum Gasteiger partial charge on any atom is 0.165 e. The second kappa shape index (κ2) is 10.7. The number of allylic oxidation sites excluding steroid dienone is 7. The summed E-state index contributed by atoms with van der Waals surface area (Å²) in [6.45, 7) is 10.7. The molecule has 0 amide bonds. The van der Waals surface area contributed by atoms with Crippen LogP contribution in [0.4, 0.5) is 5.69 Å². The molecular weight excluding hydrogens is 454 g/mol. The van der Waals surface area contributed by atoms with Crippen LogP contribution in [0.3, 0.4) is 0 Å². The number of benzene rings is 2. The van der Waals surface area contributed by atoms with Crippen molar-refractivity contribution in [3.8, 4) is 0 Å². The summed E-state index contributed by atoms with van der Waals surface area (Å²) in [5.41, 5.74) is 5.48. The van der Waals surface area contributed by atoms with Crippen LogP contribution in [0.5, 0.6) is 0 Å². The zero-order chi connectivity index (χ0) is 25.9. The van der Waals surface area contributed by atoms with Gasteiger partial charge in [0.25, 0.3) is 0 Å². The molecule has 2 aromatic carbocycles. The smallest absolute Gasteiger partial charge is 0.165 e. The van der Waals surface area contributed by atoms with Gasteiger partial charge < -0.3 is 4.42 Å². The molecule has 4 atom stereocenters. The van der Waals surface area contributed by atoms with Crippen molar-refractivity contribution in [3.05, 3.63) is 108 Å². The van der Waals surface area contributed by atoms with E-state index in [0.29, 0.717) is 11.8 Å². The van der Waals surface area contributed by atoms with E-state index in [1.165, 1.54) is 0 Å². The number of rotatable bonds is 7. The van der Waals surface area contributed by atoms with Gasteiger partial charge >= 0.3 is 0 Å². The molecule has 1 heterocycles. The predicted octanol–water partition coefficient (Wildman–Crippen LogP) is 8.90. The fourth-order valence-corrected chi connectivity index (χ4v) is 6.07. The van der Waals surface area contributed by atoms with Crippen LogP contribution >= 0.6 is 0 Å². The van der Waals surface area contributed by atoms with E-state index in [2.05, 4.69) is 39.5 Å². The Morgan fingerprint density at radius 1 is 1.03 bits per heavy atom. The first-order valence-corrected chi connectivity index (χ1v) is 13.4. The number of fused-ring (bicyclic) bond motifs is 1. The number of hydrogen-bond acceptors (Lipinski definition) is 3. The minimum absolute atomic E-state index is 0.0143. The van der Waals surface area contributed by atoms with Crippen molar-refractivity contribution in [2.45, 2.75) is 40.0 Å². The Hall–Kier alpha value is -3.72. The zero-order valence-corrected chi connectivity index (χ0v) is 22.0. The van der Waals surface area contributed by atoms with Crippen LogP contribution in [0.2, 0.25) is 0 Å². The summed E-state index contributed by atoms with van der Waals surface area (Å²) < 4.78 is 6.56. The number of aliphatic imine (C=N–C) groups is 1. The van der Waals surface area contributed by atoms with Crippen LogP contribution in [-0.4, -0.2) is 11.5 Å². The molecule has 0 N–H and O–H groups in total. The lowest BCUT2D eigenvalue weighted by Crippen LogP contribution is -2.22. The highest BCUT2D eigenvalue weighted by Crippen LogP contribution is 2.47. The number of ketones is 1. The second-order valence-corrected chi connectivity index (χ2v) is 10.5. The number of furan rings is 1. The first-order chi connectivity index (χ1) is 18.0. The van der Waals surface area contributed by atoms with Crippen LogP contribution in [0.25, 0.3) is 16.5 Å². The summed E-state index contributed by atoms with van der Waals surface area (Å²) >= 11 is 0. The van der Waals surface area contributed by atoms with Crippen LogP contribution in [-0.2, 0) is 4.79 Å². The van der Waals surface area contributed by atoms with Crippen molar-refractivity contribution in [1.82, 2.24) is 0 Å². The molecule has 3 nitrogen and oxygen atoms in total. The Morgan fingerprint density at radius 3 is 2.43 bits per heavy atom. The largest absolute Gasteiger partial charge is 0.454 e. The molecular formula is C34H35NO2. The molecule has 188 valence electrons. The molecule has 0 aliphatic heterocycles. The van der Waals surface area contributed by atoms with Crippen molar-refractivity contribution in [2.75, 3.05) is 0 Å². The van der Waals surface area contributed by atoms with Gasteiger partial charge in [0.1, 0.15) is 11.3 Å². The van der Waals surface area contributed by atoms with Crippen LogP contribution < -0.4 is 0 Å². The summed E-state index contributed by atoms with van der Waals surface area (Å²) in [5, 5.41) is 0.985. The van der Waals surface area contributed by atoms with Gasteiger partial charge in [-0.2, -0.15) is 0 Å². The summed E-state index contributed by atoms with van der Waals surface area (Å²) in [6, 6.07) is 18.2. The van der Waals surface area contributed by atoms with Gasteiger partial charge in [0.05, 0.1) is 5.71 Å². The van der Waals surface area contributed by atoms with Crippen molar-refractivity contribution < 1.29 is 9.21 Å². The third-order valence-electron chi connectivity index (χ3n) is 7.93. The van der Waals surface area contributed by atoms with Gasteiger partial charge in [-0.25, -0.2) is 4.99 Å². The Balaban J connectivity index is 1.61. The first kappa shape index (κ1) is 25.0. The van der Waals surface area contributed by atoms with E-state index in [0.717, 1.165) is 64.1 Å². The van der Waals surface area contributed by atoms with E-state index in [1.54, 1.807) is 6.08 Å². The fourth-order valence-electron chi connectivity index (χ4n) is 6.07. The molecule has 1 saturated carbocycles. The molecule has 3 aromatic rings. The second-order valence-electron chi connectivity index (χ2n) is 10.5. The molecule has 2 aliphatic rings. The van der Waals surface area contributed by atoms with Gasteiger partial charge in [-0.05, 0) is 67.7 Å². The van der Waals surface area contributed by atoms with Gasteiger partial charge in [0.2, 0.25) is 0 Å². The van der Waals surface area contributed by atoms with E-state index in [4.69, 9.17) is 9.41 Å². The van der Waals surface area contributed by atoms with Crippen molar-refractivity contribution in [3.63, 3.8) is 0 Å². The maximum atomic E-state index is 13.3. The monoisotopic (exact) mass is 489 g/mol. The number of Topliss-reactive ketones (excluding diaryl/α,β-unsaturated/α-hetero) is 1. The third kappa shape index (κ3) is 4.96. The summed E-state index contributed by atoms with van der Waals surface area (Å²) in [4.78, 5) is 18.5. The molecule has 2 unspecified atom stereocenters. The third-order valence-corrected chi connectivity index (χ3v) is 7.93. The van der Waals surface area contributed by atoms with Crippen molar-refractivity contribution in [1.29, 1.82) is 0 Å². The summed E-state index contributed by atoms with van der Waals surface area (Å²) in [6.07, 6.45) is 12.7. The highest BCUT2D eigenvalue weighted by Gasteiger charge is 2.37. The SMILES string of the molecule is C=CC(=Nc1c(/C(=C\C)C2C[C@H](C(=O)C3=CC=C3)C[C@H](C)CC2C)oc2ccccc12)c1ccccc1. The van der Waals surface area contributed by atoms with E-state index in [9.17, 15) is 4.79 Å². The molecule has 37 heavy (non-hydrogen) atoms. The Morgan fingerprint density at radius 2 is 1.76 bits per heavy atom. The molecule has 0 bridgehead atoms. The topological polar surface area (TPSA) is 42.6 Å². The average Bonchev–Trinajstić information content (AvgIpc) is 3.15. The lowest BCUT2D eigenvalue weighted by molar-refractivity contribution is -0.119. The van der Waals surface area contributed by atoms with Gasteiger partial charge in [0.15, 0.2) is 11.5 Å². The number of carbonyl (C=O) groups is 1. The van der Waals surface area contributed by atoms with Crippen molar-refractivity contribution in [2.24, 2.45) is 28.7 Å². The minimum atomic E-state index is 0.0143. The highest BCUT2D eigenvalue weighted by molar-refractivity contribution is 6.11. The quantitative estimate of drug-likeness (QED) is 0.246. The lowest BCUT2D eigenvalue weighted by Gasteiger charge is -2.26. The molecule has 3 heteroatoms. The molecule has 0 spiro atoms. The number of nitrogens with zero attached hydrogens (tertiary/aromatic N) is 1. The molecule has 0 radical (unpaired) electrons. The zero-order valence-electron chi connectivity index (χ0n) is 22.0. The van der Waals surface area contributed by atoms with Crippen LogP contribution in [0.15, 0.2) is 107 Å².